The van der Waals surface area contributed by atoms with Gasteiger partial charge in [0, 0.05) is 0 Å². The summed E-state index contributed by atoms with van der Waals surface area (Å²) in [5, 5.41) is 0. The molecule has 0 aliphatic rings. The monoisotopic (exact) mass is 160 g/mol. The van der Waals surface area contributed by atoms with Crippen LogP contribution in [-0.2, 0) is 10.1 Å². The van der Waals surface area contributed by atoms with E-state index in [4.69, 9.17) is 4.55 Å². The van der Waals surface area contributed by atoms with Crippen molar-refractivity contribution in [2.24, 2.45) is 5.92 Å². The first-order chi connectivity index (χ1) is 3.92. The summed E-state index contributed by atoms with van der Waals surface area (Å²) in [5.74, 6) is 0.205. The van der Waals surface area contributed by atoms with Crippen molar-refractivity contribution in [2.75, 3.05) is 5.75 Å². The maximum atomic E-state index is 10.1. The molecule has 0 amide bonds. The summed E-state index contributed by atoms with van der Waals surface area (Å²) in [6, 6.07) is 0. The molecule has 0 radical (unpaired) electrons. The summed E-state index contributed by atoms with van der Waals surface area (Å²) < 4.78 is 28.4. The van der Waals surface area contributed by atoms with Gasteiger partial charge in [-0.2, -0.15) is 8.42 Å². The van der Waals surface area contributed by atoms with Crippen LogP contribution in [0.1, 0.15) is 20.3 Å². The van der Waals surface area contributed by atoms with E-state index in [2.05, 4.69) is 0 Å². The van der Waals surface area contributed by atoms with Crippen LogP contribution in [0.25, 0.3) is 0 Å². The van der Waals surface area contributed by atoms with Crippen LogP contribution in [-0.4, -0.2) is 37.6 Å². The Labute approximate surface area is 74.1 Å². The molecule has 0 rings (SSSR count). The molecule has 0 aliphatic carbocycles. The van der Waals surface area contributed by atoms with Crippen molar-refractivity contribution >= 4 is 29.0 Å². The molecule has 0 aromatic heterocycles. The molecule has 0 fully saturated rings. The normalized spacial score (nSPS) is 11.2. The van der Waals surface area contributed by atoms with E-state index < -0.39 is 10.1 Å². The molecule has 0 spiro atoms. The molecule has 0 atom stereocenters. The van der Waals surface area contributed by atoms with Crippen LogP contribution < -0.4 is 0 Å². The SMILES string of the molecule is CC(C)CCS(=O)(=O)O.[LiH]. The van der Waals surface area contributed by atoms with Crippen molar-refractivity contribution in [2.45, 2.75) is 20.3 Å². The van der Waals surface area contributed by atoms with Crippen LogP contribution >= 0.6 is 0 Å². The molecule has 58 valence electrons. The van der Waals surface area contributed by atoms with Gasteiger partial charge in [0.25, 0.3) is 10.1 Å². The van der Waals surface area contributed by atoms with E-state index >= 15 is 0 Å². The van der Waals surface area contributed by atoms with E-state index in [-0.39, 0.29) is 24.6 Å². The summed E-state index contributed by atoms with van der Waals surface area (Å²) in [7, 11) is -3.72. The van der Waals surface area contributed by atoms with Gasteiger partial charge in [0.05, 0.1) is 5.75 Å². The van der Waals surface area contributed by atoms with Gasteiger partial charge < -0.3 is 0 Å². The van der Waals surface area contributed by atoms with Gasteiger partial charge in [0.2, 0.25) is 0 Å². The first-order valence-electron chi connectivity index (χ1n) is 2.87. The summed E-state index contributed by atoms with van der Waals surface area (Å²) in [5.41, 5.74) is 0. The quantitative estimate of drug-likeness (QED) is 0.476. The van der Waals surface area contributed by atoms with Gasteiger partial charge in [-0.25, -0.2) is 0 Å². The van der Waals surface area contributed by atoms with E-state index in [1.54, 1.807) is 0 Å². The Kier molecular flexibility index (Phi) is 6.82. The Hall–Kier alpha value is 0.507. The molecule has 0 aliphatic heterocycles. The van der Waals surface area contributed by atoms with Crippen LogP contribution in [0.3, 0.4) is 0 Å². The minimum atomic E-state index is -3.72. The predicted molar refractivity (Wildman–Crippen MR) is 43.0 cm³/mol. The fourth-order valence-corrected chi connectivity index (χ4v) is 1.15. The molecule has 0 unspecified atom stereocenters. The molecule has 5 heteroatoms. The van der Waals surface area contributed by atoms with E-state index in [0.717, 1.165) is 0 Å². The van der Waals surface area contributed by atoms with Gasteiger partial charge in [-0.3, -0.25) is 4.55 Å². The van der Waals surface area contributed by atoms with Gasteiger partial charge in [-0.1, -0.05) is 13.8 Å². The van der Waals surface area contributed by atoms with Gasteiger partial charge >= 0.3 is 18.9 Å². The van der Waals surface area contributed by atoms with Crippen LogP contribution in [0.4, 0.5) is 0 Å². The van der Waals surface area contributed by atoms with Crippen molar-refractivity contribution in [3.8, 4) is 0 Å². The Morgan fingerprint density at radius 1 is 1.40 bits per heavy atom. The summed E-state index contributed by atoms with van der Waals surface area (Å²) >= 11 is 0. The second-order valence-electron chi connectivity index (χ2n) is 2.47. The number of rotatable bonds is 3. The van der Waals surface area contributed by atoms with Gasteiger partial charge in [-0.05, 0) is 12.3 Å². The predicted octanol–water partition coefficient (Wildman–Crippen LogP) is 0.272. The van der Waals surface area contributed by atoms with E-state index in [9.17, 15) is 8.42 Å². The molecule has 0 aromatic carbocycles. The molecule has 0 aromatic rings. The zero-order valence-electron chi connectivity index (χ0n) is 5.66. The maximum absolute atomic E-state index is 10.1. The van der Waals surface area contributed by atoms with Crippen LogP contribution in [0, 0.1) is 5.92 Å². The van der Waals surface area contributed by atoms with E-state index in [0.29, 0.717) is 12.3 Å². The average molecular weight is 160 g/mol. The van der Waals surface area contributed by atoms with Crippen molar-refractivity contribution < 1.29 is 13.0 Å². The molecular weight excluding hydrogens is 147 g/mol. The summed E-state index contributed by atoms with van der Waals surface area (Å²) in [6.07, 6.45) is 0.527. The average Bonchev–Trinajstić information content (AvgIpc) is 1.59. The molecule has 0 heterocycles. The Bertz CT molecular complexity index is 162. The summed E-state index contributed by atoms with van der Waals surface area (Å²) in [4.78, 5) is 0. The molecule has 3 nitrogen and oxygen atoms in total. The molecule has 0 bridgehead atoms. The van der Waals surface area contributed by atoms with Gasteiger partial charge in [-0.15, -0.1) is 0 Å². The fourth-order valence-electron chi connectivity index (χ4n) is 0.385. The third-order valence-electron chi connectivity index (χ3n) is 0.953. The summed E-state index contributed by atoms with van der Waals surface area (Å²) in [6.45, 7) is 3.82. The van der Waals surface area contributed by atoms with Gasteiger partial charge in [0.15, 0.2) is 0 Å². The molecule has 1 N–H and O–H groups in total. The second kappa shape index (κ2) is 5.20. The first-order valence-corrected chi connectivity index (χ1v) is 4.48. The molecule has 0 saturated heterocycles. The van der Waals surface area contributed by atoms with Crippen LogP contribution in [0.2, 0.25) is 0 Å². The van der Waals surface area contributed by atoms with E-state index in [1.807, 2.05) is 13.8 Å². The Balaban J connectivity index is 0. The third kappa shape index (κ3) is 11.3. The van der Waals surface area contributed by atoms with Crippen LogP contribution in [0.5, 0.6) is 0 Å². The van der Waals surface area contributed by atoms with Crippen molar-refractivity contribution in [3.63, 3.8) is 0 Å². The zero-order chi connectivity index (χ0) is 7.49. The minimum absolute atomic E-state index is 0. The number of hydrogen-bond donors (Lipinski definition) is 1. The molecule has 10 heavy (non-hydrogen) atoms. The van der Waals surface area contributed by atoms with Crippen molar-refractivity contribution in [1.29, 1.82) is 0 Å². The molecule has 0 saturated carbocycles. The Morgan fingerprint density at radius 3 is 1.90 bits per heavy atom. The standard InChI is InChI=1S/C5H12O3S.Li.H/c1-5(2)3-4-9(6,7)8;;/h5H,3-4H2,1-2H3,(H,6,7,8);;. The number of hydrogen-bond acceptors (Lipinski definition) is 2. The molecular formula is C5H13LiO3S. The first kappa shape index (κ1) is 13.1. The Morgan fingerprint density at radius 2 is 1.80 bits per heavy atom. The van der Waals surface area contributed by atoms with E-state index in [1.165, 1.54) is 0 Å². The second-order valence-corrected chi connectivity index (χ2v) is 4.04. The van der Waals surface area contributed by atoms with Crippen molar-refractivity contribution in [3.05, 3.63) is 0 Å². The van der Waals surface area contributed by atoms with Gasteiger partial charge in [0.1, 0.15) is 0 Å². The zero-order valence-corrected chi connectivity index (χ0v) is 6.48. The topological polar surface area (TPSA) is 54.4 Å². The van der Waals surface area contributed by atoms with Crippen LogP contribution in [0.15, 0.2) is 0 Å². The third-order valence-corrected chi connectivity index (χ3v) is 1.70. The fraction of sp³-hybridized carbons (Fsp3) is 1.00. The van der Waals surface area contributed by atoms with Crippen molar-refractivity contribution in [1.82, 2.24) is 0 Å².